The van der Waals surface area contributed by atoms with Gasteiger partial charge < -0.3 is 15.3 Å². The zero-order valence-electron chi connectivity index (χ0n) is 15.1. The van der Waals surface area contributed by atoms with Crippen molar-refractivity contribution >= 4 is 17.5 Å². The number of rotatable bonds is 6. The van der Waals surface area contributed by atoms with Gasteiger partial charge in [0, 0.05) is 19.5 Å². The van der Waals surface area contributed by atoms with E-state index >= 15 is 0 Å². The van der Waals surface area contributed by atoms with Gasteiger partial charge in [-0.15, -0.1) is 0 Å². The van der Waals surface area contributed by atoms with Gasteiger partial charge in [-0.3, -0.25) is 9.59 Å². The summed E-state index contributed by atoms with van der Waals surface area (Å²) in [5, 5.41) is 12.5. The minimum absolute atomic E-state index is 0.0716. The van der Waals surface area contributed by atoms with Crippen LogP contribution in [0.25, 0.3) is 0 Å². The van der Waals surface area contributed by atoms with E-state index in [0.29, 0.717) is 37.2 Å². The van der Waals surface area contributed by atoms with Crippen LogP contribution >= 0.6 is 0 Å². The Morgan fingerprint density at radius 1 is 1.42 bits per heavy atom. The number of aryl methyl sites for hydroxylation is 1. The highest BCUT2D eigenvalue weighted by Gasteiger charge is 2.27. The molecule has 24 heavy (non-hydrogen) atoms. The number of carbonyl (C=O) groups excluding carboxylic acids is 2. The molecule has 2 rings (SSSR count). The first-order valence-corrected chi connectivity index (χ1v) is 8.57. The highest BCUT2D eigenvalue weighted by atomic mass is 16.3. The van der Waals surface area contributed by atoms with Crippen LogP contribution in [-0.4, -0.2) is 36.1 Å². The molecule has 0 saturated carbocycles. The standard InChI is InChI=1S/C19H28N2O3/c1-13-7-8-16(21-9-5-6-17(21)23)15(10-13)18(24)20-12-19(3,4)11-14(2)22/h7-8,10,14,22H,5-6,9,11-12H2,1-4H3,(H,20,24). The lowest BCUT2D eigenvalue weighted by Crippen LogP contribution is -2.36. The van der Waals surface area contributed by atoms with E-state index < -0.39 is 6.10 Å². The summed E-state index contributed by atoms with van der Waals surface area (Å²) < 4.78 is 0. The molecule has 2 N–H and O–H groups in total. The second-order valence-electron chi connectivity index (χ2n) is 7.57. The Hall–Kier alpha value is -1.88. The van der Waals surface area contributed by atoms with Crippen molar-refractivity contribution in [1.29, 1.82) is 0 Å². The molecule has 2 amide bonds. The van der Waals surface area contributed by atoms with Crippen LogP contribution in [0.15, 0.2) is 18.2 Å². The van der Waals surface area contributed by atoms with E-state index in [9.17, 15) is 14.7 Å². The molecule has 5 heteroatoms. The highest BCUT2D eigenvalue weighted by molar-refractivity contribution is 6.05. The van der Waals surface area contributed by atoms with Crippen molar-refractivity contribution in [3.05, 3.63) is 29.3 Å². The molecule has 1 aromatic rings. The second kappa shape index (κ2) is 7.34. The van der Waals surface area contributed by atoms with Gasteiger partial charge in [-0.2, -0.15) is 0 Å². The Balaban J connectivity index is 2.16. The van der Waals surface area contributed by atoms with Gasteiger partial charge in [-0.05, 0) is 44.2 Å². The third-order valence-corrected chi connectivity index (χ3v) is 4.34. The number of nitrogens with one attached hydrogen (secondary N) is 1. The van der Waals surface area contributed by atoms with Gasteiger partial charge in [-0.25, -0.2) is 0 Å². The summed E-state index contributed by atoms with van der Waals surface area (Å²) in [6.07, 6.45) is 1.57. The average molecular weight is 332 g/mol. The Labute approximate surface area is 144 Å². The molecule has 0 aliphatic carbocycles. The zero-order chi connectivity index (χ0) is 17.9. The number of carbonyl (C=O) groups is 2. The van der Waals surface area contributed by atoms with Gasteiger partial charge in [-0.1, -0.05) is 25.5 Å². The van der Waals surface area contributed by atoms with E-state index in [1.165, 1.54) is 0 Å². The normalized spacial score (nSPS) is 16.4. The van der Waals surface area contributed by atoms with Gasteiger partial charge in [0.25, 0.3) is 5.91 Å². The van der Waals surface area contributed by atoms with E-state index in [4.69, 9.17) is 0 Å². The van der Waals surface area contributed by atoms with E-state index in [0.717, 1.165) is 12.0 Å². The van der Waals surface area contributed by atoms with Crippen LogP contribution in [0.1, 0.15) is 56.0 Å². The van der Waals surface area contributed by atoms with Crippen LogP contribution in [-0.2, 0) is 4.79 Å². The SMILES string of the molecule is Cc1ccc(N2CCCC2=O)c(C(=O)NCC(C)(C)CC(C)O)c1. The number of hydrogen-bond donors (Lipinski definition) is 2. The molecule has 5 nitrogen and oxygen atoms in total. The molecule has 1 aliphatic rings. The van der Waals surface area contributed by atoms with E-state index in [2.05, 4.69) is 5.32 Å². The zero-order valence-corrected chi connectivity index (χ0v) is 15.1. The Kier molecular flexibility index (Phi) is 5.65. The summed E-state index contributed by atoms with van der Waals surface area (Å²) in [7, 11) is 0. The summed E-state index contributed by atoms with van der Waals surface area (Å²) >= 11 is 0. The molecule has 1 unspecified atom stereocenters. The van der Waals surface area contributed by atoms with Crippen LogP contribution in [0, 0.1) is 12.3 Å². The first kappa shape index (κ1) is 18.5. The summed E-state index contributed by atoms with van der Waals surface area (Å²) in [5.74, 6) is -0.102. The van der Waals surface area contributed by atoms with Crippen molar-refractivity contribution in [3.8, 4) is 0 Å². The minimum Gasteiger partial charge on any atom is -0.393 e. The topological polar surface area (TPSA) is 69.6 Å². The fourth-order valence-corrected chi connectivity index (χ4v) is 3.26. The van der Waals surface area contributed by atoms with Crippen LogP contribution < -0.4 is 10.2 Å². The highest BCUT2D eigenvalue weighted by Crippen LogP contribution is 2.27. The number of amides is 2. The maximum atomic E-state index is 12.7. The second-order valence-corrected chi connectivity index (χ2v) is 7.57. The first-order chi connectivity index (χ1) is 11.2. The summed E-state index contributed by atoms with van der Waals surface area (Å²) in [6.45, 7) is 8.85. The van der Waals surface area contributed by atoms with Crippen LogP contribution in [0.4, 0.5) is 5.69 Å². The van der Waals surface area contributed by atoms with Crippen molar-refractivity contribution in [2.24, 2.45) is 5.41 Å². The molecule has 1 saturated heterocycles. The van der Waals surface area contributed by atoms with Gasteiger partial charge in [0.1, 0.15) is 0 Å². The van der Waals surface area contributed by atoms with Gasteiger partial charge in [0.05, 0.1) is 17.4 Å². The molecular formula is C19H28N2O3. The van der Waals surface area contributed by atoms with Gasteiger partial charge in [0.2, 0.25) is 5.91 Å². The lowest BCUT2D eigenvalue weighted by atomic mass is 9.87. The van der Waals surface area contributed by atoms with Crippen molar-refractivity contribution in [2.75, 3.05) is 18.0 Å². The molecule has 1 aliphatic heterocycles. The molecule has 1 aromatic carbocycles. The fraction of sp³-hybridized carbons (Fsp3) is 0.579. The maximum absolute atomic E-state index is 12.7. The van der Waals surface area contributed by atoms with Gasteiger partial charge >= 0.3 is 0 Å². The number of aliphatic hydroxyl groups is 1. The van der Waals surface area contributed by atoms with Crippen molar-refractivity contribution in [1.82, 2.24) is 5.32 Å². The molecule has 132 valence electrons. The molecule has 1 heterocycles. The van der Waals surface area contributed by atoms with Gasteiger partial charge in [0.15, 0.2) is 0 Å². The average Bonchev–Trinajstić information content (AvgIpc) is 2.89. The summed E-state index contributed by atoms with van der Waals surface area (Å²) in [5.41, 5.74) is 2.02. The molecule has 0 spiro atoms. The lowest BCUT2D eigenvalue weighted by Gasteiger charge is -2.27. The Bertz CT molecular complexity index is 623. The van der Waals surface area contributed by atoms with Crippen LogP contribution in [0.3, 0.4) is 0 Å². The third-order valence-electron chi connectivity index (χ3n) is 4.34. The number of nitrogens with zero attached hydrogens (tertiary/aromatic N) is 1. The predicted molar refractivity (Wildman–Crippen MR) is 95.2 cm³/mol. The number of anilines is 1. The molecule has 1 fully saturated rings. The largest absolute Gasteiger partial charge is 0.393 e. The fourth-order valence-electron chi connectivity index (χ4n) is 3.26. The Morgan fingerprint density at radius 2 is 2.12 bits per heavy atom. The smallest absolute Gasteiger partial charge is 0.253 e. The molecule has 0 radical (unpaired) electrons. The van der Waals surface area contributed by atoms with E-state index in [-0.39, 0.29) is 17.2 Å². The van der Waals surface area contributed by atoms with Crippen molar-refractivity contribution < 1.29 is 14.7 Å². The number of aliphatic hydroxyl groups excluding tert-OH is 1. The maximum Gasteiger partial charge on any atom is 0.253 e. The summed E-state index contributed by atoms with van der Waals surface area (Å²) in [6, 6.07) is 5.61. The lowest BCUT2D eigenvalue weighted by molar-refractivity contribution is -0.117. The molecule has 1 atom stereocenters. The van der Waals surface area contributed by atoms with Crippen molar-refractivity contribution in [3.63, 3.8) is 0 Å². The predicted octanol–water partition coefficient (Wildman–Crippen LogP) is 2.65. The first-order valence-electron chi connectivity index (χ1n) is 8.57. The van der Waals surface area contributed by atoms with Crippen molar-refractivity contribution in [2.45, 2.75) is 53.1 Å². The van der Waals surface area contributed by atoms with E-state index in [1.54, 1.807) is 11.8 Å². The minimum atomic E-state index is -0.409. The Morgan fingerprint density at radius 3 is 2.71 bits per heavy atom. The number of benzene rings is 1. The van der Waals surface area contributed by atoms with E-state index in [1.807, 2.05) is 39.0 Å². The quantitative estimate of drug-likeness (QED) is 0.841. The third kappa shape index (κ3) is 4.57. The summed E-state index contributed by atoms with van der Waals surface area (Å²) in [4.78, 5) is 26.4. The molecule has 0 aromatic heterocycles. The van der Waals surface area contributed by atoms with Crippen LogP contribution in [0.5, 0.6) is 0 Å². The van der Waals surface area contributed by atoms with Crippen LogP contribution in [0.2, 0.25) is 0 Å². The monoisotopic (exact) mass is 332 g/mol. The molecule has 0 bridgehead atoms. The number of hydrogen-bond acceptors (Lipinski definition) is 3. The molecular weight excluding hydrogens is 304 g/mol.